The van der Waals surface area contributed by atoms with E-state index in [1.807, 2.05) is 6.92 Å². The Kier molecular flexibility index (Phi) is 4.84. The topological polar surface area (TPSA) is 112 Å². The molecule has 134 valence electrons. The Morgan fingerprint density at radius 2 is 1.46 bits per heavy atom. The maximum Gasteiger partial charge on any atom is 0.222 e. The van der Waals surface area contributed by atoms with E-state index in [0.29, 0.717) is 22.7 Å². The number of nitrogen functional groups attached to an aromatic ring is 2. The number of rotatable bonds is 4. The van der Waals surface area contributed by atoms with Crippen LogP contribution in [0.5, 0.6) is 0 Å². The molecule has 0 radical (unpaired) electrons. The van der Waals surface area contributed by atoms with Crippen LogP contribution < -0.4 is 11.5 Å². The van der Waals surface area contributed by atoms with E-state index >= 15 is 0 Å². The van der Waals surface area contributed by atoms with Crippen LogP contribution >= 0.6 is 11.6 Å². The fraction of sp³-hybridized carbons (Fsp3) is 0.111. The Hall–Kier alpha value is -2.64. The monoisotopic (exact) mass is 388 g/mol. The minimum absolute atomic E-state index is 0.116. The summed E-state index contributed by atoms with van der Waals surface area (Å²) in [5.41, 5.74) is 13.8. The minimum atomic E-state index is -3.63. The second kappa shape index (κ2) is 6.93. The summed E-state index contributed by atoms with van der Waals surface area (Å²) in [7, 11) is -3.63. The van der Waals surface area contributed by atoms with Gasteiger partial charge in [0.1, 0.15) is 5.82 Å². The van der Waals surface area contributed by atoms with Gasteiger partial charge in [0.25, 0.3) is 0 Å². The average molecular weight is 389 g/mol. The largest absolute Gasteiger partial charge is 0.383 e. The van der Waals surface area contributed by atoms with Crippen LogP contribution in [0, 0.1) is 0 Å². The third-order valence-corrected chi connectivity index (χ3v) is 5.98. The van der Waals surface area contributed by atoms with E-state index in [1.54, 1.807) is 24.3 Å². The number of aryl methyl sites for hydroxylation is 1. The van der Waals surface area contributed by atoms with Gasteiger partial charge in [0, 0.05) is 10.6 Å². The molecule has 0 saturated heterocycles. The van der Waals surface area contributed by atoms with Gasteiger partial charge in [-0.25, -0.2) is 13.4 Å². The van der Waals surface area contributed by atoms with Crippen LogP contribution in [0.25, 0.3) is 11.1 Å². The Morgan fingerprint density at radius 3 is 2.00 bits per heavy atom. The highest BCUT2D eigenvalue weighted by Crippen LogP contribution is 2.30. The number of halogens is 1. The molecule has 0 spiro atoms. The summed E-state index contributed by atoms with van der Waals surface area (Å²) >= 11 is 5.82. The first-order valence-corrected chi connectivity index (χ1v) is 9.72. The summed E-state index contributed by atoms with van der Waals surface area (Å²) in [6.45, 7) is 1.93. The summed E-state index contributed by atoms with van der Waals surface area (Å²) in [5.74, 6) is 0.382. The van der Waals surface area contributed by atoms with Crippen LogP contribution in [0.2, 0.25) is 5.02 Å². The van der Waals surface area contributed by atoms with Crippen molar-refractivity contribution in [1.82, 2.24) is 9.97 Å². The summed E-state index contributed by atoms with van der Waals surface area (Å²) in [6, 6.07) is 12.5. The molecule has 0 aliphatic carbocycles. The Labute approximate surface area is 156 Å². The number of aromatic nitrogens is 2. The van der Waals surface area contributed by atoms with E-state index < -0.39 is 9.84 Å². The van der Waals surface area contributed by atoms with Gasteiger partial charge in [-0.05, 0) is 48.4 Å². The van der Waals surface area contributed by atoms with Crippen LogP contribution in [0.15, 0.2) is 58.3 Å². The standard InChI is InChI=1S/C18H17ClN4O2S/c1-2-15-16(17(20)23-18(21)22-15)11-3-7-13(8-4-11)26(24,25)14-9-5-12(19)6-10-14/h3-10H,2H2,1H3,(H4,20,21,22,23). The van der Waals surface area contributed by atoms with Crippen LogP contribution in [-0.4, -0.2) is 18.4 Å². The van der Waals surface area contributed by atoms with E-state index in [2.05, 4.69) is 9.97 Å². The van der Waals surface area contributed by atoms with Crippen molar-refractivity contribution in [2.75, 3.05) is 11.5 Å². The second-order valence-electron chi connectivity index (χ2n) is 5.62. The molecular formula is C18H17ClN4O2S. The van der Waals surface area contributed by atoms with Crippen molar-refractivity contribution in [3.8, 4) is 11.1 Å². The van der Waals surface area contributed by atoms with Crippen molar-refractivity contribution in [1.29, 1.82) is 0 Å². The molecule has 4 N–H and O–H groups in total. The average Bonchev–Trinajstić information content (AvgIpc) is 2.61. The van der Waals surface area contributed by atoms with Crippen LogP contribution in [0.1, 0.15) is 12.6 Å². The maximum absolute atomic E-state index is 12.7. The van der Waals surface area contributed by atoms with Gasteiger partial charge in [0.05, 0.1) is 15.5 Å². The summed E-state index contributed by atoms with van der Waals surface area (Å²) in [4.78, 5) is 8.57. The van der Waals surface area contributed by atoms with Crippen molar-refractivity contribution in [3.05, 3.63) is 59.2 Å². The predicted molar refractivity (Wildman–Crippen MR) is 103 cm³/mol. The van der Waals surface area contributed by atoms with E-state index in [0.717, 1.165) is 5.56 Å². The van der Waals surface area contributed by atoms with Gasteiger partial charge in [-0.1, -0.05) is 30.7 Å². The van der Waals surface area contributed by atoms with Crippen molar-refractivity contribution >= 4 is 33.2 Å². The molecule has 0 amide bonds. The first kappa shape index (κ1) is 18.2. The van der Waals surface area contributed by atoms with Gasteiger partial charge in [-0.15, -0.1) is 0 Å². The fourth-order valence-electron chi connectivity index (χ4n) is 2.67. The third kappa shape index (κ3) is 3.36. The van der Waals surface area contributed by atoms with E-state index in [1.165, 1.54) is 24.3 Å². The van der Waals surface area contributed by atoms with Gasteiger partial charge in [-0.3, -0.25) is 0 Å². The lowest BCUT2D eigenvalue weighted by Gasteiger charge is -2.11. The molecule has 0 aliphatic heterocycles. The zero-order valence-electron chi connectivity index (χ0n) is 14.0. The quantitative estimate of drug-likeness (QED) is 0.708. The minimum Gasteiger partial charge on any atom is -0.383 e. The number of hydrogen-bond acceptors (Lipinski definition) is 6. The predicted octanol–water partition coefficient (Wildman–Crippen LogP) is 3.36. The molecular weight excluding hydrogens is 372 g/mol. The molecule has 1 heterocycles. The molecule has 0 atom stereocenters. The van der Waals surface area contributed by atoms with Crippen molar-refractivity contribution in [2.24, 2.45) is 0 Å². The summed E-state index contributed by atoms with van der Waals surface area (Å²) in [6.07, 6.45) is 0.622. The smallest absolute Gasteiger partial charge is 0.222 e. The molecule has 0 bridgehead atoms. The molecule has 0 saturated carbocycles. The normalized spacial score (nSPS) is 11.5. The lowest BCUT2D eigenvalue weighted by atomic mass is 10.0. The number of nitrogens with two attached hydrogens (primary N) is 2. The van der Waals surface area contributed by atoms with Crippen LogP contribution in [0.4, 0.5) is 11.8 Å². The molecule has 8 heteroatoms. The van der Waals surface area contributed by atoms with Crippen LogP contribution in [0.3, 0.4) is 0 Å². The highest BCUT2D eigenvalue weighted by molar-refractivity contribution is 7.91. The number of anilines is 2. The van der Waals surface area contributed by atoms with Gasteiger partial charge in [-0.2, -0.15) is 4.98 Å². The Bertz CT molecular complexity index is 1050. The number of sulfone groups is 1. The number of benzene rings is 2. The number of hydrogen-bond donors (Lipinski definition) is 2. The first-order valence-electron chi connectivity index (χ1n) is 7.86. The molecule has 0 aliphatic rings. The Balaban J connectivity index is 2.03. The maximum atomic E-state index is 12.7. The molecule has 2 aromatic carbocycles. The third-order valence-electron chi connectivity index (χ3n) is 3.94. The van der Waals surface area contributed by atoms with Gasteiger partial charge < -0.3 is 11.5 Å². The highest BCUT2D eigenvalue weighted by Gasteiger charge is 2.19. The SMILES string of the molecule is CCc1nc(N)nc(N)c1-c1ccc(S(=O)(=O)c2ccc(Cl)cc2)cc1. The van der Waals surface area contributed by atoms with Crippen LogP contribution in [-0.2, 0) is 16.3 Å². The van der Waals surface area contributed by atoms with E-state index in [9.17, 15) is 8.42 Å². The lowest BCUT2D eigenvalue weighted by molar-refractivity contribution is 0.596. The molecule has 0 unspecified atom stereocenters. The Morgan fingerprint density at radius 1 is 0.923 bits per heavy atom. The number of nitrogens with zero attached hydrogens (tertiary/aromatic N) is 2. The van der Waals surface area contributed by atoms with E-state index in [4.69, 9.17) is 23.1 Å². The summed E-state index contributed by atoms with van der Waals surface area (Å²) < 4.78 is 25.4. The van der Waals surface area contributed by atoms with Gasteiger partial charge in [0.2, 0.25) is 15.8 Å². The summed E-state index contributed by atoms with van der Waals surface area (Å²) in [5, 5.41) is 0.477. The molecule has 3 rings (SSSR count). The lowest BCUT2D eigenvalue weighted by Crippen LogP contribution is -2.06. The zero-order valence-corrected chi connectivity index (χ0v) is 15.6. The molecule has 1 aromatic heterocycles. The molecule has 26 heavy (non-hydrogen) atoms. The van der Waals surface area contributed by atoms with Gasteiger partial charge >= 0.3 is 0 Å². The zero-order chi connectivity index (χ0) is 18.9. The molecule has 6 nitrogen and oxygen atoms in total. The molecule has 0 fully saturated rings. The van der Waals surface area contributed by atoms with Crippen molar-refractivity contribution in [3.63, 3.8) is 0 Å². The van der Waals surface area contributed by atoms with E-state index in [-0.39, 0.29) is 21.6 Å². The van der Waals surface area contributed by atoms with Crippen molar-refractivity contribution in [2.45, 2.75) is 23.1 Å². The first-order chi connectivity index (χ1) is 12.3. The second-order valence-corrected chi connectivity index (χ2v) is 8.01. The van der Waals surface area contributed by atoms with Crippen molar-refractivity contribution < 1.29 is 8.42 Å². The van der Waals surface area contributed by atoms with Gasteiger partial charge in [0.15, 0.2) is 0 Å². The highest BCUT2D eigenvalue weighted by atomic mass is 35.5. The molecule has 3 aromatic rings. The fourth-order valence-corrected chi connectivity index (χ4v) is 4.05.